The number of oxazole rings is 1. The molecule has 0 radical (unpaired) electrons. The van der Waals surface area contributed by atoms with Crippen LogP contribution in [0, 0.1) is 0 Å². The first-order valence-corrected chi connectivity index (χ1v) is 8.95. The Morgan fingerprint density at radius 3 is 2.58 bits per heavy atom. The lowest BCUT2D eigenvalue weighted by atomic mass is 9.94. The third kappa shape index (κ3) is 6.91. The van der Waals surface area contributed by atoms with Crippen LogP contribution in [0.2, 0.25) is 0 Å². The summed E-state index contributed by atoms with van der Waals surface area (Å²) in [6.07, 6.45) is 2.96. The van der Waals surface area contributed by atoms with E-state index in [-0.39, 0.29) is 5.41 Å². The molecular weight excluding hydrogens is 302 g/mol. The first kappa shape index (κ1) is 20.5. The fourth-order valence-electron chi connectivity index (χ4n) is 2.10. The summed E-state index contributed by atoms with van der Waals surface area (Å²) in [4.78, 5) is 11.2. The molecule has 6 heteroatoms. The van der Waals surface area contributed by atoms with Crippen LogP contribution in [0.4, 0.5) is 0 Å². The topological polar surface area (TPSA) is 65.7 Å². The van der Waals surface area contributed by atoms with Crippen LogP contribution in [0.1, 0.15) is 59.6 Å². The van der Waals surface area contributed by atoms with Gasteiger partial charge < -0.3 is 20.0 Å². The highest BCUT2D eigenvalue weighted by atomic mass is 16.4. The summed E-state index contributed by atoms with van der Waals surface area (Å²) in [5, 5.41) is 6.62. The van der Waals surface area contributed by atoms with Crippen molar-refractivity contribution in [1.29, 1.82) is 0 Å². The number of nitrogens with zero attached hydrogens (tertiary/aromatic N) is 3. The second kappa shape index (κ2) is 9.67. The van der Waals surface area contributed by atoms with Gasteiger partial charge in [-0.15, -0.1) is 0 Å². The molecule has 1 aromatic rings. The van der Waals surface area contributed by atoms with Crippen LogP contribution in [0.5, 0.6) is 0 Å². The number of likely N-dealkylation sites (N-methyl/N-ethyl adjacent to an activating group) is 1. The Morgan fingerprint density at radius 2 is 2.04 bits per heavy atom. The van der Waals surface area contributed by atoms with Crippen LogP contribution in [0.3, 0.4) is 0 Å². The number of hydrogen-bond donors (Lipinski definition) is 2. The molecule has 0 aliphatic heterocycles. The number of nitrogens with one attached hydrogen (secondary N) is 2. The SMILES string of the molecule is CCNC(=NCc1ncc(C(C)(C)C)o1)NCCN(C)C(C)CC. The molecule has 0 bridgehead atoms. The third-order valence-corrected chi connectivity index (χ3v) is 4.11. The van der Waals surface area contributed by atoms with E-state index >= 15 is 0 Å². The van der Waals surface area contributed by atoms with Crippen LogP contribution in [-0.4, -0.2) is 48.6 Å². The van der Waals surface area contributed by atoms with Gasteiger partial charge in [0.15, 0.2) is 5.96 Å². The highest BCUT2D eigenvalue weighted by Crippen LogP contribution is 2.22. The quantitative estimate of drug-likeness (QED) is 0.564. The standard InChI is InChI=1S/C18H35N5O/c1-8-14(3)23(7)11-10-20-17(19-9-2)22-13-16-21-12-15(24-16)18(4,5)6/h12,14H,8-11,13H2,1-7H3,(H2,19,20,22). The molecule has 0 spiro atoms. The van der Waals surface area contributed by atoms with Crippen molar-refractivity contribution in [3.05, 3.63) is 17.8 Å². The number of aromatic nitrogens is 1. The molecule has 1 atom stereocenters. The average Bonchev–Trinajstić information content (AvgIpc) is 3.00. The fraction of sp³-hybridized carbons (Fsp3) is 0.778. The third-order valence-electron chi connectivity index (χ3n) is 4.11. The van der Waals surface area contributed by atoms with Gasteiger partial charge in [-0.1, -0.05) is 27.7 Å². The molecule has 2 N–H and O–H groups in total. The maximum atomic E-state index is 5.78. The summed E-state index contributed by atoms with van der Waals surface area (Å²) in [5.74, 6) is 2.33. The lowest BCUT2D eigenvalue weighted by Gasteiger charge is -2.23. The first-order valence-electron chi connectivity index (χ1n) is 8.95. The van der Waals surface area contributed by atoms with E-state index in [0.29, 0.717) is 18.5 Å². The van der Waals surface area contributed by atoms with E-state index in [9.17, 15) is 0 Å². The predicted molar refractivity (Wildman–Crippen MR) is 100 cm³/mol. The van der Waals surface area contributed by atoms with Gasteiger partial charge in [0.1, 0.15) is 12.3 Å². The van der Waals surface area contributed by atoms with Crippen molar-refractivity contribution in [3.63, 3.8) is 0 Å². The molecule has 1 rings (SSSR count). The van der Waals surface area contributed by atoms with E-state index in [0.717, 1.165) is 37.8 Å². The molecular formula is C18H35N5O. The molecule has 6 nitrogen and oxygen atoms in total. The number of guanidine groups is 1. The van der Waals surface area contributed by atoms with Gasteiger partial charge in [0.25, 0.3) is 0 Å². The minimum atomic E-state index is -0.0295. The lowest BCUT2D eigenvalue weighted by Crippen LogP contribution is -2.42. The van der Waals surface area contributed by atoms with Gasteiger partial charge in [0, 0.05) is 31.1 Å². The molecule has 0 saturated heterocycles. The van der Waals surface area contributed by atoms with Crippen molar-refractivity contribution in [2.24, 2.45) is 4.99 Å². The molecule has 24 heavy (non-hydrogen) atoms. The van der Waals surface area contributed by atoms with E-state index in [4.69, 9.17) is 4.42 Å². The van der Waals surface area contributed by atoms with Crippen molar-refractivity contribution < 1.29 is 4.42 Å². The zero-order valence-corrected chi connectivity index (χ0v) is 16.4. The van der Waals surface area contributed by atoms with Crippen LogP contribution in [0.25, 0.3) is 0 Å². The Kier molecular flexibility index (Phi) is 8.25. The Bertz CT molecular complexity index is 504. The molecule has 138 valence electrons. The Hall–Kier alpha value is -1.56. The minimum Gasteiger partial charge on any atom is -0.443 e. The van der Waals surface area contributed by atoms with Crippen LogP contribution in [-0.2, 0) is 12.0 Å². The van der Waals surface area contributed by atoms with Gasteiger partial charge >= 0.3 is 0 Å². The number of aliphatic imine (C=N–C) groups is 1. The van der Waals surface area contributed by atoms with Crippen LogP contribution < -0.4 is 10.6 Å². The Labute approximate surface area is 147 Å². The highest BCUT2D eigenvalue weighted by Gasteiger charge is 2.19. The average molecular weight is 338 g/mol. The smallest absolute Gasteiger partial charge is 0.216 e. The number of hydrogen-bond acceptors (Lipinski definition) is 4. The second-order valence-corrected chi connectivity index (χ2v) is 7.23. The lowest BCUT2D eigenvalue weighted by molar-refractivity contribution is 0.255. The van der Waals surface area contributed by atoms with E-state index < -0.39 is 0 Å². The molecule has 1 unspecified atom stereocenters. The van der Waals surface area contributed by atoms with Crippen molar-refractivity contribution >= 4 is 5.96 Å². The molecule has 1 aromatic heterocycles. The Balaban J connectivity index is 2.55. The maximum absolute atomic E-state index is 5.78. The highest BCUT2D eigenvalue weighted by molar-refractivity contribution is 5.79. The van der Waals surface area contributed by atoms with E-state index in [1.165, 1.54) is 0 Å². The van der Waals surface area contributed by atoms with Gasteiger partial charge in [-0.2, -0.15) is 0 Å². The Morgan fingerprint density at radius 1 is 1.33 bits per heavy atom. The monoisotopic (exact) mass is 337 g/mol. The summed E-state index contributed by atoms with van der Waals surface area (Å²) in [5.41, 5.74) is -0.0295. The fourth-order valence-corrected chi connectivity index (χ4v) is 2.10. The largest absolute Gasteiger partial charge is 0.443 e. The van der Waals surface area contributed by atoms with Crippen molar-refractivity contribution in [2.45, 2.75) is 66.0 Å². The van der Waals surface area contributed by atoms with Crippen LogP contribution in [0.15, 0.2) is 15.6 Å². The van der Waals surface area contributed by atoms with E-state index in [1.54, 1.807) is 6.20 Å². The van der Waals surface area contributed by atoms with Gasteiger partial charge in [0.2, 0.25) is 5.89 Å². The van der Waals surface area contributed by atoms with Gasteiger partial charge in [-0.05, 0) is 27.3 Å². The van der Waals surface area contributed by atoms with E-state index in [1.807, 2.05) is 0 Å². The van der Waals surface area contributed by atoms with E-state index in [2.05, 4.69) is 74.1 Å². The zero-order chi connectivity index (χ0) is 18.2. The number of rotatable bonds is 8. The van der Waals surface area contributed by atoms with Crippen molar-refractivity contribution in [3.8, 4) is 0 Å². The normalized spacial score (nSPS) is 14.1. The summed E-state index contributed by atoms with van der Waals surface area (Å²) >= 11 is 0. The van der Waals surface area contributed by atoms with Crippen molar-refractivity contribution in [1.82, 2.24) is 20.5 Å². The zero-order valence-electron chi connectivity index (χ0n) is 16.4. The molecule has 0 aliphatic rings. The molecule has 1 heterocycles. The van der Waals surface area contributed by atoms with Crippen molar-refractivity contribution in [2.75, 3.05) is 26.7 Å². The molecule has 0 saturated carbocycles. The maximum Gasteiger partial charge on any atom is 0.216 e. The summed E-state index contributed by atoms with van der Waals surface area (Å²) in [6, 6.07) is 0.592. The van der Waals surface area contributed by atoms with Crippen LogP contribution >= 0.6 is 0 Å². The van der Waals surface area contributed by atoms with Gasteiger partial charge in [0.05, 0.1) is 6.20 Å². The minimum absolute atomic E-state index is 0.0295. The first-order chi connectivity index (χ1) is 11.3. The van der Waals surface area contributed by atoms with Gasteiger partial charge in [-0.25, -0.2) is 9.98 Å². The second-order valence-electron chi connectivity index (χ2n) is 7.23. The summed E-state index contributed by atoms with van der Waals surface area (Å²) in [7, 11) is 2.15. The predicted octanol–water partition coefficient (Wildman–Crippen LogP) is 2.76. The molecule has 0 aromatic carbocycles. The molecule has 0 amide bonds. The summed E-state index contributed by atoms with van der Waals surface area (Å²) < 4.78 is 5.78. The summed E-state index contributed by atoms with van der Waals surface area (Å²) in [6.45, 7) is 15.9. The van der Waals surface area contributed by atoms with Gasteiger partial charge in [-0.3, -0.25) is 0 Å². The molecule has 0 fully saturated rings. The molecule has 0 aliphatic carbocycles.